The van der Waals surface area contributed by atoms with Gasteiger partial charge in [-0.3, -0.25) is 0 Å². The lowest BCUT2D eigenvalue weighted by Gasteiger charge is -2.31. The fourth-order valence-corrected chi connectivity index (χ4v) is 2.85. The van der Waals surface area contributed by atoms with E-state index in [1.165, 1.54) is 11.3 Å². The van der Waals surface area contributed by atoms with Gasteiger partial charge in [0.15, 0.2) is 0 Å². The maximum atomic E-state index is 9.65. The van der Waals surface area contributed by atoms with Crippen molar-refractivity contribution in [3.8, 4) is 0 Å². The van der Waals surface area contributed by atoms with E-state index >= 15 is 0 Å². The zero-order valence-corrected chi connectivity index (χ0v) is 12.0. The van der Waals surface area contributed by atoms with Crippen LogP contribution in [0.3, 0.4) is 0 Å². The molecule has 1 aliphatic rings. The highest BCUT2D eigenvalue weighted by Crippen LogP contribution is 2.34. The molecule has 2 heterocycles. The van der Waals surface area contributed by atoms with E-state index in [0.717, 1.165) is 36.3 Å². The van der Waals surface area contributed by atoms with Crippen LogP contribution in [0.4, 0.5) is 11.5 Å². The van der Waals surface area contributed by atoms with Crippen LogP contribution in [0.5, 0.6) is 0 Å². The number of benzene rings is 1. The van der Waals surface area contributed by atoms with Gasteiger partial charge in [0.05, 0.1) is 6.10 Å². The van der Waals surface area contributed by atoms with Crippen molar-refractivity contribution in [1.29, 1.82) is 0 Å². The number of aliphatic hydroxyl groups is 1. The van der Waals surface area contributed by atoms with Crippen LogP contribution in [-0.4, -0.2) is 16.6 Å². The number of hydrogen-bond donors (Lipinski definition) is 1. The summed E-state index contributed by atoms with van der Waals surface area (Å²) in [5, 5.41) is 9.65. The second kappa shape index (κ2) is 5.25. The average molecular weight is 268 g/mol. The SMILES string of the molecule is Cc1cc([C@@H](C)O)cnc1N1CCCc2ccccc21. The quantitative estimate of drug-likeness (QED) is 0.905. The summed E-state index contributed by atoms with van der Waals surface area (Å²) < 4.78 is 0. The number of para-hydroxylation sites is 1. The Kier molecular flexibility index (Phi) is 3.45. The zero-order valence-electron chi connectivity index (χ0n) is 12.0. The first-order chi connectivity index (χ1) is 9.66. The Hall–Kier alpha value is -1.87. The zero-order chi connectivity index (χ0) is 14.1. The summed E-state index contributed by atoms with van der Waals surface area (Å²) in [7, 11) is 0. The van der Waals surface area contributed by atoms with Crippen molar-refractivity contribution < 1.29 is 5.11 Å². The van der Waals surface area contributed by atoms with Crippen molar-refractivity contribution >= 4 is 11.5 Å². The monoisotopic (exact) mass is 268 g/mol. The number of aromatic nitrogens is 1. The molecule has 3 heteroatoms. The number of aryl methyl sites for hydroxylation is 2. The lowest BCUT2D eigenvalue weighted by molar-refractivity contribution is 0.199. The molecule has 1 aliphatic heterocycles. The molecule has 1 N–H and O–H groups in total. The molecule has 104 valence electrons. The molecule has 3 rings (SSSR count). The van der Waals surface area contributed by atoms with Gasteiger partial charge in [0.2, 0.25) is 0 Å². The van der Waals surface area contributed by atoms with Gasteiger partial charge in [-0.15, -0.1) is 0 Å². The van der Waals surface area contributed by atoms with Crippen molar-refractivity contribution in [3.63, 3.8) is 0 Å². The van der Waals surface area contributed by atoms with E-state index in [4.69, 9.17) is 0 Å². The molecule has 0 spiro atoms. The third kappa shape index (κ3) is 2.29. The second-order valence-corrected chi connectivity index (χ2v) is 5.47. The van der Waals surface area contributed by atoms with Gasteiger partial charge in [0.1, 0.15) is 5.82 Å². The summed E-state index contributed by atoms with van der Waals surface area (Å²) >= 11 is 0. The summed E-state index contributed by atoms with van der Waals surface area (Å²) in [6, 6.07) is 10.6. The maximum absolute atomic E-state index is 9.65. The second-order valence-electron chi connectivity index (χ2n) is 5.47. The molecular formula is C17H20N2O. The Morgan fingerprint density at radius 3 is 2.85 bits per heavy atom. The first-order valence-corrected chi connectivity index (χ1v) is 7.17. The summed E-state index contributed by atoms with van der Waals surface area (Å²) in [4.78, 5) is 6.88. The predicted molar refractivity (Wildman–Crippen MR) is 81.4 cm³/mol. The Morgan fingerprint density at radius 1 is 1.30 bits per heavy atom. The Bertz CT molecular complexity index is 622. The largest absolute Gasteiger partial charge is 0.389 e. The van der Waals surface area contributed by atoms with E-state index in [9.17, 15) is 5.11 Å². The van der Waals surface area contributed by atoms with Crippen LogP contribution in [0.15, 0.2) is 36.5 Å². The van der Waals surface area contributed by atoms with Crippen LogP contribution in [0.25, 0.3) is 0 Å². The maximum Gasteiger partial charge on any atom is 0.135 e. The fourth-order valence-electron chi connectivity index (χ4n) is 2.85. The van der Waals surface area contributed by atoms with Crippen molar-refractivity contribution in [2.45, 2.75) is 32.8 Å². The fraction of sp³-hybridized carbons (Fsp3) is 0.353. The van der Waals surface area contributed by atoms with Gasteiger partial charge in [-0.1, -0.05) is 18.2 Å². The number of fused-ring (bicyclic) bond motifs is 1. The highest BCUT2D eigenvalue weighted by molar-refractivity contribution is 5.67. The van der Waals surface area contributed by atoms with Crippen LogP contribution >= 0.6 is 0 Å². The van der Waals surface area contributed by atoms with Crippen molar-refractivity contribution in [3.05, 3.63) is 53.2 Å². The first-order valence-electron chi connectivity index (χ1n) is 7.17. The normalized spacial score (nSPS) is 15.8. The molecule has 0 saturated carbocycles. The first kappa shape index (κ1) is 13.1. The van der Waals surface area contributed by atoms with Gasteiger partial charge in [-0.05, 0) is 55.5 Å². The topological polar surface area (TPSA) is 36.4 Å². The van der Waals surface area contributed by atoms with Crippen molar-refractivity contribution in [1.82, 2.24) is 4.98 Å². The van der Waals surface area contributed by atoms with Gasteiger partial charge >= 0.3 is 0 Å². The third-order valence-corrected chi connectivity index (χ3v) is 3.92. The lowest BCUT2D eigenvalue weighted by Crippen LogP contribution is -2.26. The molecule has 1 aromatic heterocycles. The minimum atomic E-state index is -0.469. The number of aliphatic hydroxyl groups excluding tert-OH is 1. The molecule has 0 amide bonds. The van der Waals surface area contributed by atoms with Gasteiger partial charge in [-0.2, -0.15) is 0 Å². The van der Waals surface area contributed by atoms with E-state index in [-0.39, 0.29) is 0 Å². The Morgan fingerprint density at radius 2 is 2.10 bits per heavy atom. The molecular weight excluding hydrogens is 248 g/mol. The molecule has 0 fully saturated rings. The van der Waals surface area contributed by atoms with Gasteiger partial charge < -0.3 is 10.0 Å². The Labute approximate surface area is 119 Å². The smallest absolute Gasteiger partial charge is 0.135 e. The van der Waals surface area contributed by atoms with E-state index in [0.29, 0.717) is 0 Å². The molecule has 0 radical (unpaired) electrons. The van der Waals surface area contributed by atoms with Crippen LogP contribution < -0.4 is 4.90 Å². The molecule has 0 bridgehead atoms. The van der Waals surface area contributed by atoms with Crippen LogP contribution in [0.2, 0.25) is 0 Å². The molecule has 3 nitrogen and oxygen atoms in total. The molecule has 2 aromatic rings. The highest BCUT2D eigenvalue weighted by atomic mass is 16.3. The third-order valence-electron chi connectivity index (χ3n) is 3.92. The number of nitrogens with zero attached hydrogens (tertiary/aromatic N) is 2. The summed E-state index contributed by atoms with van der Waals surface area (Å²) in [6.07, 6.45) is 3.60. The summed E-state index contributed by atoms with van der Waals surface area (Å²) in [5.41, 5.74) is 4.63. The standard InChI is InChI=1S/C17H20N2O/c1-12-10-15(13(2)20)11-18-17(12)19-9-5-7-14-6-3-4-8-16(14)19/h3-4,6,8,10-11,13,20H,5,7,9H2,1-2H3/t13-/m1/s1. The minimum absolute atomic E-state index is 0.469. The van der Waals surface area contributed by atoms with Crippen molar-refractivity contribution in [2.24, 2.45) is 0 Å². The Balaban J connectivity index is 2.02. The number of pyridine rings is 1. The van der Waals surface area contributed by atoms with E-state index in [1.54, 1.807) is 13.1 Å². The average Bonchev–Trinajstić information content (AvgIpc) is 2.46. The lowest BCUT2D eigenvalue weighted by atomic mass is 10.0. The van der Waals surface area contributed by atoms with Gasteiger partial charge in [0.25, 0.3) is 0 Å². The van der Waals surface area contributed by atoms with Crippen LogP contribution in [0.1, 0.15) is 36.1 Å². The van der Waals surface area contributed by atoms with E-state index in [2.05, 4.69) is 41.1 Å². The van der Waals surface area contributed by atoms with Gasteiger partial charge in [0, 0.05) is 18.4 Å². The van der Waals surface area contributed by atoms with Crippen LogP contribution in [-0.2, 0) is 6.42 Å². The minimum Gasteiger partial charge on any atom is -0.389 e. The summed E-state index contributed by atoms with van der Waals surface area (Å²) in [5.74, 6) is 1.00. The number of anilines is 2. The van der Waals surface area contributed by atoms with E-state index < -0.39 is 6.10 Å². The number of rotatable bonds is 2. The highest BCUT2D eigenvalue weighted by Gasteiger charge is 2.20. The molecule has 0 unspecified atom stereocenters. The summed E-state index contributed by atoms with van der Waals surface area (Å²) in [6.45, 7) is 4.83. The predicted octanol–water partition coefficient (Wildman–Crippen LogP) is 3.53. The van der Waals surface area contributed by atoms with Crippen molar-refractivity contribution in [2.75, 3.05) is 11.4 Å². The van der Waals surface area contributed by atoms with Gasteiger partial charge in [-0.25, -0.2) is 4.98 Å². The molecule has 1 aromatic carbocycles. The molecule has 0 saturated heterocycles. The number of hydrogen-bond acceptors (Lipinski definition) is 3. The van der Waals surface area contributed by atoms with E-state index in [1.807, 2.05) is 6.07 Å². The molecule has 20 heavy (non-hydrogen) atoms. The molecule has 1 atom stereocenters. The van der Waals surface area contributed by atoms with Crippen LogP contribution in [0, 0.1) is 6.92 Å². The molecule has 0 aliphatic carbocycles.